The molecule has 1 aliphatic heterocycles. The number of hydrogen-bond donors (Lipinski definition) is 0. The second-order valence-electron chi connectivity index (χ2n) is 6.25. The van der Waals surface area contributed by atoms with E-state index in [-0.39, 0.29) is 11.9 Å². The summed E-state index contributed by atoms with van der Waals surface area (Å²) >= 11 is 1.72. The standard InChI is InChI=1S/C18H23N3OS/c1-20(2)16(14-6-4-3-5-7-14)18(22)21-11-8-15(9-12-21)17-19-10-13-23-17/h3-7,10,13,15-16H,8-9,11-12H2,1-2H3. The van der Waals surface area contributed by atoms with Gasteiger partial charge in [-0.05, 0) is 32.5 Å². The van der Waals surface area contributed by atoms with E-state index in [0.717, 1.165) is 31.5 Å². The Labute approximate surface area is 141 Å². The van der Waals surface area contributed by atoms with Crippen LogP contribution in [0.2, 0.25) is 0 Å². The van der Waals surface area contributed by atoms with Gasteiger partial charge in [0.25, 0.3) is 0 Å². The molecule has 1 fully saturated rings. The highest BCUT2D eigenvalue weighted by Gasteiger charge is 2.31. The number of benzene rings is 1. The van der Waals surface area contributed by atoms with Crippen LogP contribution in [0.4, 0.5) is 0 Å². The van der Waals surface area contributed by atoms with Crippen molar-refractivity contribution in [1.29, 1.82) is 0 Å². The van der Waals surface area contributed by atoms with Crippen molar-refractivity contribution in [3.05, 3.63) is 52.5 Å². The van der Waals surface area contributed by atoms with Crippen LogP contribution in [0.5, 0.6) is 0 Å². The Balaban J connectivity index is 1.68. The molecule has 1 saturated heterocycles. The fourth-order valence-corrected chi connectivity index (χ4v) is 4.06. The highest BCUT2D eigenvalue weighted by Crippen LogP contribution is 2.31. The maximum atomic E-state index is 13.0. The van der Waals surface area contributed by atoms with Crippen LogP contribution >= 0.6 is 11.3 Å². The molecule has 122 valence electrons. The third kappa shape index (κ3) is 3.62. The van der Waals surface area contributed by atoms with Gasteiger partial charge < -0.3 is 4.90 Å². The summed E-state index contributed by atoms with van der Waals surface area (Å²) in [6.45, 7) is 1.64. The van der Waals surface area contributed by atoms with Crippen LogP contribution in [-0.2, 0) is 4.79 Å². The van der Waals surface area contributed by atoms with Crippen molar-refractivity contribution in [3.63, 3.8) is 0 Å². The molecule has 1 atom stereocenters. The molecule has 0 aliphatic carbocycles. The van der Waals surface area contributed by atoms with E-state index in [1.807, 2.05) is 65.8 Å². The minimum atomic E-state index is -0.201. The van der Waals surface area contributed by atoms with E-state index in [4.69, 9.17) is 0 Å². The molecule has 0 radical (unpaired) electrons. The van der Waals surface area contributed by atoms with Crippen molar-refractivity contribution >= 4 is 17.2 Å². The molecule has 5 heteroatoms. The Morgan fingerprint density at radius 3 is 2.52 bits per heavy atom. The molecule has 0 saturated carbocycles. The zero-order valence-corrected chi connectivity index (χ0v) is 14.5. The number of piperidine rings is 1. The minimum absolute atomic E-state index is 0.201. The van der Waals surface area contributed by atoms with Crippen LogP contribution in [-0.4, -0.2) is 47.9 Å². The molecule has 0 spiro atoms. The molecule has 4 nitrogen and oxygen atoms in total. The molecular formula is C18H23N3OS. The summed E-state index contributed by atoms with van der Waals surface area (Å²) in [5, 5.41) is 3.24. The van der Waals surface area contributed by atoms with Gasteiger partial charge >= 0.3 is 0 Å². The Kier molecular flexibility index (Phi) is 5.08. The van der Waals surface area contributed by atoms with Gasteiger partial charge in [-0.3, -0.25) is 9.69 Å². The topological polar surface area (TPSA) is 36.4 Å². The van der Waals surface area contributed by atoms with E-state index in [0.29, 0.717) is 5.92 Å². The lowest BCUT2D eigenvalue weighted by molar-refractivity contribution is -0.137. The number of aromatic nitrogens is 1. The van der Waals surface area contributed by atoms with Crippen molar-refractivity contribution in [2.45, 2.75) is 24.8 Å². The summed E-state index contributed by atoms with van der Waals surface area (Å²) in [6, 6.07) is 9.84. The van der Waals surface area contributed by atoms with Crippen molar-refractivity contribution in [2.24, 2.45) is 0 Å². The summed E-state index contributed by atoms with van der Waals surface area (Å²) in [4.78, 5) is 21.5. The molecule has 3 rings (SSSR count). The van der Waals surface area contributed by atoms with Crippen LogP contribution in [0.15, 0.2) is 41.9 Å². The average Bonchev–Trinajstić information content (AvgIpc) is 3.10. The van der Waals surface area contributed by atoms with E-state index >= 15 is 0 Å². The molecule has 23 heavy (non-hydrogen) atoms. The molecule has 1 aliphatic rings. The first kappa shape index (κ1) is 16.1. The van der Waals surface area contributed by atoms with Gasteiger partial charge in [-0.2, -0.15) is 0 Å². The predicted octanol–water partition coefficient (Wildman–Crippen LogP) is 3.15. The number of likely N-dealkylation sites (tertiary alicyclic amines) is 1. The van der Waals surface area contributed by atoms with E-state index in [9.17, 15) is 4.79 Å². The second kappa shape index (κ2) is 7.23. The van der Waals surface area contributed by atoms with Gasteiger partial charge in [-0.15, -0.1) is 11.3 Å². The number of thiazole rings is 1. The number of carbonyl (C=O) groups is 1. The van der Waals surface area contributed by atoms with Gasteiger partial charge in [0.15, 0.2) is 0 Å². The first-order valence-corrected chi connectivity index (χ1v) is 8.94. The molecule has 0 N–H and O–H groups in total. The van der Waals surface area contributed by atoms with Gasteiger partial charge in [0, 0.05) is 30.6 Å². The Morgan fingerprint density at radius 2 is 1.96 bits per heavy atom. The van der Waals surface area contributed by atoms with Gasteiger partial charge in [0.05, 0.1) is 5.01 Å². The summed E-state index contributed by atoms with van der Waals surface area (Å²) in [7, 11) is 3.94. The third-order valence-electron chi connectivity index (χ3n) is 4.47. The van der Waals surface area contributed by atoms with Gasteiger partial charge in [-0.25, -0.2) is 4.98 Å². The molecule has 2 heterocycles. The lowest BCUT2D eigenvalue weighted by Crippen LogP contribution is -2.44. The van der Waals surface area contributed by atoms with Crippen LogP contribution < -0.4 is 0 Å². The number of hydrogen-bond acceptors (Lipinski definition) is 4. The zero-order valence-electron chi connectivity index (χ0n) is 13.7. The van der Waals surface area contributed by atoms with Crippen LogP contribution in [0.3, 0.4) is 0 Å². The molecule has 1 unspecified atom stereocenters. The zero-order chi connectivity index (χ0) is 16.2. The number of amides is 1. The lowest BCUT2D eigenvalue weighted by atomic mass is 9.96. The molecular weight excluding hydrogens is 306 g/mol. The largest absolute Gasteiger partial charge is 0.341 e. The fourth-order valence-electron chi connectivity index (χ4n) is 3.25. The average molecular weight is 329 g/mol. The lowest BCUT2D eigenvalue weighted by Gasteiger charge is -2.35. The SMILES string of the molecule is CN(C)C(C(=O)N1CCC(c2nccs2)CC1)c1ccccc1. The first-order chi connectivity index (χ1) is 11.2. The number of likely N-dealkylation sites (N-methyl/N-ethyl adjacent to an activating group) is 1. The monoisotopic (exact) mass is 329 g/mol. The third-order valence-corrected chi connectivity index (χ3v) is 5.41. The van der Waals surface area contributed by atoms with Crippen LogP contribution in [0.1, 0.15) is 35.4 Å². The highest BCUT2D eigenvalue weighted by atomic mass is 32.1. The van der Waals surface area contributed by atoms with Crippen molar-refractivity contribution in [1.82, 2.24) is 14.8 Å². The van der Waals surface area contributed by atoms with E-state index < -0.39 is 0 Å². The molecule has 1 amide bonds. The van der Waals surface area contributed by atoms with Crippen molar-refractivity contribution in [2.75, 3.05) is 27.2 Å². The van der Waals surface area contributed by atoms with Crippen LogP contribution in [0, 0.1) is 0 Å². The quantitative estimate of drug-likeness (QED) is 0.864. The number of carbonyl (C=O) groups excluding carboxylic acids is 1. The van der Waals surface area contributed by atoms with E-state index in [2.05, 4.69) is 4.98 Å². The Morgan fingerprint density at radius 1 is 1.26 bits per heavy atom. The van der Waals surface area contributed by atoms with Crippen LogP contribution in [0.25, 0.3) is 0 Å². The first-order valence-electron chi connectivity index (χ1n) is 8.06. The minimum Gasteiger partial charge on any atom is -0.341 e. The van der Waals surface area contributed by atoms with E-state index in [1.165, 1.54) is 5.01 Å². The van der Waals surface area contributed by atoms with Gasteiger partial charge in [0.2, 0.25) is 5.91 Å². The number of rotatable bonds is 4. The summed E-state index contributed by atoms with van der Waals surface area (Å²) in [5.41, 5.74) is 1.06. The molecule has 1 aromatic carbocycles. The maximum Gasteiger partial charge on any atom is 0.244 e. The summed E-state index contributed by atoms with van der Waals surface area (Å²) in [5.74, 6) is 0.715. The molecule has 2 aromatic rings. The maximum absolute atomic E-state index is 13.0. The van der Waals surface area contributed by atoms with Gasteiger partial charge in [0.1, 0.15) is 6.04 Å². The Hall–Kier alpha value is -1.72. The number of nitrogens with zero attached hydrogens (tertiary/aromatic N) is 3. The predicted molar refractivity (Wildman–Crippen MR) is 93.5 cm³/mol. The summed E-state index contributed by atoms with van der Waals surface area (Å²) < 4.78 is 0. The Bertz CT molecular complexity index is 619. The van der Waals surface area contributed by atoms with E-state index in [1.54, 1.807) is 11.3 Å². The molecule has 1 aromatic heterocycles. The fraction of sp³-hybridized carbons (Fsp3) is 0.444. The van der Waals surface area contributed by atoms with Crippen molar-refractivity contribution in [3.8, 4) is 0 Å². The smallest absolute Gasteiger partial charge is 0.244 e. The highest BCUT2D eigenvalue weighted by molar-refractivity contribution is 7.09. The van der Waals surface area contributed by atoms with Crippen molar-refractivity contribution < 1.29 is 4.79 Å². The normalized spacial score (nSPS) is 17.4. The van der Waals surface area contributed by atoms with Gasteiger partial charge in [-0.1, -0.05) is 30.3 Å². The summed E-state index contributed by atoms with van der Waals surface area (Å²) in [6.07, 6.45) is 3.89. The molecule has 0 bridgehead atoms. The second-order valence-corrected chi connectivity index (χ2v) is 7.17.